The highest BCUT2D eigenvalue weighted by Crippen LogP contribution is 2.34. The van der Waals surface area contributed by atoms with Gasteiger partial charge >= 0.3 is 0 Å². The minimum atomic E-state index is 0.438. The zero-order valence-corrected chi connectivity index (χ0v) is 18.5. The van der Waals surface area contributed by atoms with Crippen molar-refractivity contribution < 1.29 is 0 Å². The number of nitrogens with one attached hydrogen (secondary N) is 1. The molecule has 0 spiro atoms. The van der Waals surface area contributed by atoms with Gasteiger partial charge in [0.15, 0.2) is 5.82 Å². The Bertz CT molecular complexity index is 1130. The Labute approximate surface area is 189 Å². The Balaban J connectivity index is 1.34. The van der Waals surface area contributed by atoms with E-state index >= 15 is 0 Å². The summed E-state index contributed by atoms with van der Waals surface area (Å²) in [6.45, 7) is 5.42. The van der Waals surface area contributed by atoms with E-state index in [2.05, 4.69) is 81.4 Å². The van der Waals surface area contributed by atoms with Crippen LogP contribution < -0.4 is 0 Å². The number of imidazole rings is 1. The van der Waals surface area contributed by atoms with Crippen molar-refractivity contribution in [3.05, 3.63) is 89.9 Å². The zero-order chi connectivity index (χ0) is 21.8. The first-order chi connectivity index (χ1) is 15.8. The number of aromatic nitrogens is 4. The van der Waals surface area contributed by atoms with E-state index in [1.807, 2.05) is 6.07 Å². The molecular formula is C27H29N5. The first kappa shape index (κ1) is 20.6. The van der Waals surface area contributed by atoms with Crippen molar-refractivity contribution in [1.82, 2.24) is 24.8 Å². The summed E-state index contributed by atoms with van der Waals surface area (Å²) in [6.07, 6.45) is 6.92. The zero-order valence-electron chi connectivity index (χ0n) is 18.5. The summed E-state index contributed by atoms with van der Waals surface area (Å²) in [5.74, 6) is 2.03. The third-order valence-corrected chi connectivity index (χ3v) is 6.39. The second-order valence-electron chi connectivity index (χ2n) is 8.64. The van der Waals surface area contributed by atoms with E-state index < -0.39 is 0 Å². The largest absolute Gasteiger partial charge is 0.341 e. The molecule has 2 aromatic heterocycles. The summed E-state index contributed by atoms with van der Waals surface area (Å²) in [5.41, 5.74) is 5.82. The molecule has 1 N–H and O–H groups in total. The standard InChI is InChI=1S/C27H29N5/c1-20-8-10-23(11-9-20)26-30-24(25(31-26)27-28-15-5-16-29-27)22-13-18-32(19-14-22)17-12-21-6-3-2-4-7-21/h2-11,15-16,22H,12-14,17-19H2,1H3,(H,30,31). The van der Waals surface area contributed by atoms with Crippen molar-refractivity contribution in [2.24, 2.45) is 0 Å². The molecule has 3 heterocycles. The lowest BCUT2D eigenvalue weighted by Gasteiger charge is -2.31. The Morgan fingerprint density at radius 3 is 2.34 bits per heavy atom. The van der Waals surface area contributed by atoms with E-state index in [0.29, 0.717) is 11.7 Å². The number of likely N-dealkylation sites (tertiary alicyclic amines) is 1. The molecule has 1 fully saturated rings. The summed E-state index contributed by atoms with van der Waals surface area (Å²) >= 11 is 0. The van der Waals surface area contributed by atoms with Gasteiger partial charge in [-0.3, -0.25) is 0 Å². The summed E-state index contributed by atoms with van der Waals surface area (Å²) < 4.78 is 0. The van der Waals surface area contributed by atoms with Crippen molar-refractivity contribution in [3.8, 4) is 22.9 Å². The van der Waals surface area contributed by atoms with Gasteiger partial charge in [-0.2, -0.15) is 0 Å². The van der Waals surface area contributed by atoms with Crippen LogP contribution in [0, 0.1) is 6.92 Å². The SMILES string of the molecule is Cc1ccc(-c2nc(-c3ncccn3)c(C3CCN(CCc4ccccc4)CC3)[nH]2)cc1. The van der Waals surface area contributed by atoms with Crippen LogP contribution in [0.1, 0.15) is 35.6 Å². The molecule has 32 heavy (non-hydrogen) atoms. The molecule has 5 nitrogen and oxygen atoms in total. The van der Waals surface area contributed by atoms with Crippen LogP contribution >= 0.6 is 0 Å². The van der Waals surface area contributed by atoms with Crippen LogP contribution in [0.2, 0.25) is 0 Å². The van der Waals surface area contributed by atoms with Gasteiger partial charge in [-0.15, -0.1) is 0 Å². The lowest BCUT2D eigenvalue weighted by atomic mass is 9.92. The van der Waals surface area contributed by atoms with E-state index in [1.165, 1.54) is 16.8 Å². The highest BCUT2D eigenvalue weighted by atomic mass is 15.1. The monoisotopic (exact) mass is 423 g/mol. The van der Waals surface area contributed by atoms with Crippen LogP contribution in [0.5, 0.6) is 0 Å². The predicted octanol–water partition coefficient (Wildman–Crippen LogP) is 5.26. The molecule has 0 atom stereocenters. The molecule has 5 heteroatoms. The molecule has 0 saturated carbocycles. The fourth-order valence-corrected chi connectivity index (χ4v) is 4.50. The van der Waals surface area contributed by atoms with Crippen LogP contribution in [-0.2, 0) is 6.42 Å². The lowest BCUT2D eigenvalue weighted by Crippen LogP contribution is -2.34. The van der Waals surface area contributed by atoms with E-state index in [4.69, 9.17) is 4.98 Å². The molecule has 0 aliphatic carbocycles. The lowest BCUT2D eigenvalue weighted by molar-refractivity contribution is 0.213. The predicted molar refractivity (Wildman–Crippen MR) is 128 cm³/mol. The van der Waals surface area contributed by atoms with Crippen molar-refractivity contribution in [2.75, 3.05) is 19.6 Å². The van der Waals surface area contributed by atoms with Gasteiger partial charge in [0.2, 0.25) is 0 Å². The molecule has 1 aliphatic rings. The van der Waals surface area contributed by atoms with Crippen LogP contribution in [0.4, 0.5) is 0 Å². The van der Waals surface area contributed by atoms with Gasteiger partial charge in [-0.05, 0) is 50.9 Å². The number of aryl methyl sites for hydroxylation is 1. The summed E-state index contributed by atoms with van der Waals surface area (Å²) in [6, 6.07) is 21.1. The van der Waals surface area contributed by atoms with Gasteiger partial charge < -0.3 is 9.88 Å². The fourth-order valence-electron chi connectivity index (χ4n) is 4.50. The third kappa shape index (κ3) is 4.63. The molecular weight excluding hydrogens is 394 g/mol. The molecule has 0 unspecified atom stereocenters. The van der Waals surface area contributed by atoms with Gasteiger partial charge in [0.1, 0.15) is 11.5 Å². The van der Waals surface area contributed by atoms with Gasteiger partial charge in [-0.25, -0.2) is 15.0 Å². The molecule has 0 amide bonds. The smallest absolute Gasteiger partial charge is 0.180 e. The Hall–Kier alpha value is -3.31. The number of piperidine rings is 1. The molecule has 2 aromatic carbocycles. The van der Waals surface area contributed by atoms with Crippen LogP contribution in [-0.4, -0.2) is 44.5 Å². The van der Waals surface area contributed by atoms with E-state index in [0.717, 1.165) is 56.0 Å². The number of hydrogen-bond acceptors (Lipinski definition) is 4. The van der Waals surface area contributed by atoms with Crippen LogP contribution in [0.15, 0.2) is 73.1 Å². The minimum Gasteiger partial charge on any atom is -0.341 e. The molecule has 1 aliphatic heterocycles. The van der Waals surface area contributed by atoms with E-state index in [9.17, 15) is 0 Å². The summed E-state index contributed by atoms with van der Waals surface area (Å²) in [5, 5.41) is 0. The first-order valence-electron chi connectivity index (χ1n) is 11.5. The number of aromatic amines is 1. The summed E-state index contributed by atoms with van der Waals surface area (Å²) in [4.78, 5) is 20.2. The van der Waals surface area contributed by atoms with E-state index in [1.54, 1.807) is 12.4 Å². The number of nitrogens with zero attached hydrogens (tertiary/aromatic N) is 4. The van der Waals surface area contributed by atoms with Crippen molar-refractivity contribution in [3.63, 3.8) is 0 Å². The third-order valence-electron chi connectivity index (χ3n) is 6.39. The van der Waals surface area contributed by atoms with Crippen molar-refractivity contribution in [1.29, 1.82) is 0 Å². The molecule has 4 aromatic rings. The first-order valence-corrected chi connectivity index (χ1v) is 11.5. The Morgan fingerprint density at radius 1 is 0.906 bits per heavy atom. The normalized spacial score (nSPS) is 15.2. The Kier molecular flexibility index (Phi) is 6.08. The van der Waals surface area contributed by atoms with Gasteiger partial charge in [0, 0.05) is 36.1 Å². The number of rotatable bonds is 6. The fraction of sp³-hybridized carbons (Fsp3) is 0.296. The number of H-pyrrole nitrogens is 1. The quantitative estimate of drug-likeness (QED) is 0.459. The molecule has 1 saturated heterocycles. The second kappa shape index (κ2) is 9.45. The van der Waals surface area contributed by atoms with Gasteiger partial charge in [-0.1, -0.05) is 60.2 Å². The molecule has 0 bridgehead atoms. The van der Waals surface area contributed by atoms with Crippen molar-refractivity contribution in [2.45, 2.75) is 32.1 Å². The summed E-state index contributed by atoms with van der Waals surface area (Å²) in [7, 11) is 0. The molecule has 162 valence electrons. The van der Waals surface area contributed by atoms with Gasteiger partial charge in [0.25, 0.3) is 0 Å². The average Bonchev–Trinajstić information content (AvgIpc) is 3.30. The van der Waals surface area contributed by atoms with Crippen LogP contribution in [0.25, 0.3) is 22.9 Å². The maximum atomic E-state index is 4.96. The number of hydrogen-bond donors (Lipinski definition) is 1. The Morgan fingerprint density at radius 2 is 1.62 bits per heavy atom. The minimum absolute atomic E-state index is 0.438. The molecule has 0 radical (unpaired) electrons. The molecule has 5 rings (SSSR count). The average molecular weight is 424 g/mol. The van der Waals surface area contributed by atoms with Crippen LogP contribution in [0.3, 0.4) is 0 Å². The maximum absolute atomic E-state index is 4.96. The highest BCUT2D eigenvalue weighted by Gasteiger charge is 2.27. The van der Waals surface area contributed by atoms with E-state index in [-0.39, 0.29) is 0 Å². The maximum Gasteiger partial charge on any atom is 0.180 e. The highest BCUT2D eigenvalue weighted by molar-refractivity contribution is 5.64. The number of benzene rings is 2. The van der Waals surface area contributed by atoms with Gasteiger partial charge in [0.05, 0.1) is 0 Å². The second-order valence-corrected chi connectivity index (χ2v) is 8.64. The topological polar surface area (TPSA) is 57.7 Å². The van der Waals surface area contributed by atoms with Crippen molar-refractivity contribution >= 4 is 0 Å².